The van der Waals surface area contributed by atoms with Gasteiger partial charge in [-0.1, -0.05) is 11.6 Å². The fraction of sp³-hybridized carbons (Fsp3) is 0.688. The van der Waals surface area contributed by atoms with Crippen LogP contribution in [0.5, 0.6) is 0 Å². The second-order valence-electron chi connectivity index (χ2n) is 6.55. The number of hydrogen-bond donors (Lipinski definition) is 1. The SMILES string of the molecule is O=C(CC1CCN(S(=O)(=O)c2ccc(Cl)s2)CC1)NC[C@@H]1CCCO1. The maximum Gasteiger partial charge on any atom is 0.252 e. The molecular formula is C16H23ClN2O4S2. The van der Waals surface area contributed by atoms with E-state index in [-0.39, 0.29) is 22.1 Å². The Balaban J connectivity index is 1.44. The molecule has 0 aromatic carbocycles. The van der Waals surface area contributed by atoms with Crippen molar-refractivity contribution in [3.05, 3.63) is 16.5 Å². The highest BCUT2D eigenvalue weighted by molar-refractivity contribution is 7.91. The van der Waals surface area contributed by atoms with Crippen molar-refractivity contribution in [2.24, 2.45) is 5.92 Å². The van der Waals surface area contributed by atoms with E-state index in [2.05, 4.69) is 5.32 Å². The lowest BCUT2D eigenvalue weighted by molar-refractivity contribution is -0.122. The van der Waals surface area contributed by atoms with Crippen molar-refractivity contribution in [1.29, 1.82) is 0 Å². The van der Waals surface area contributed by atoms with Crippen molar-refractivity contribution >= 4 is 38.9 Å². The van der Waals surface area contributed by atoms with Gasteiger partial charge in [-0.25, -0.2) is 8.42 Å². The predicted molar refractivity (Wildman–Crippen MR) is 97.4 cm³/mol. The number of carbonyl (C=O) groups excluding carboxylic acids is 1. The summed E-state index contributed by atoms with van der Waals surface area (Å²) in [5, 5.41) is 2.93. The first-order valence-corrected chi connectivity index (χ1v) is 11.2. The number of thiophene rings is 1. The quantitative estimate of drug-likeness (QED) is 0.787. The van der Waals surface area contributed by atoms with Crippen LogP contribution in [0.2, 0.25) is 4.34 Å². The molecule has 1 aromatic heterocycles. The van der Waals surface area contributed by atoms with Crippen LogP contribution in [0.1, 0.15) is 32.1 Å². The van der Waals surface area contributed by atoms with Crippen LogP contribution in [-0.4, -0.2) is 51.0 Å². The zero-order valence-corrected chi connectivity index (χ0v) is 16.3. The molecule has 0 spiro atoms. The minimum Gasteiger partial charge on any atom is -0.376 e. The minimum absolute atomic E-state index is 0.0295. The third-order valence-corrected chi connectivity index (χ3v) is 8.34. The standard InChI is InChI=1S/C16H23ClN2O4S2/c17-14-3-4-16(24-14)25(21,22)19-7-5-12(6-8-19)10-15(20)18-11-13-2-1-9-23-13/h3-4,12-13H,1-2,5-11H2,(H,18,20)/t13-/m0/s1. The second kappa shape index (κ2) is 8.35. The molecule has 25 heavy (non-hydrogen) atoms. The first-order chi connectivity index (χ1) is 11.9. The number of rotatable bonds is 6. The molecule has 6 nitrogen and oxygen atoms in total. The van der Waals surface area contributed by atoms with Gasteiger partial charge in [0, 0.05) is 32.7 Å². The van der Waals surface area contributed by atoms with Crippen molar-refractivity contribution < 1.29 is 17.9 Å². The number of carbonyl (C=O) groups is 1. The van der Waals surface area contributed by atoms with Crippen LogP contribution in [-0.2, 0) is 19.6 Å². The summed E-state index contributed by atoms with van der Waals surface area (Å²) in [7, 11) is -3.46. The number of halogens is 1. The summed E-state index contributed by atoms with van der Waals surface area (Å²) in [5.41, 5.74) is 0. The number of nitrogens with zero attached hydrogens (tertiary/aromatic N) is 1. The van der Waals surface area contributed by atoms with E-state index in [1.54, 1.807) is 12.1 Å². The molecule has 0 unspecified atom stereocenters. The van der Waals surface area contributed by atoms with Crippen LogP contribution >= 0.6 is 22.9 Å². The fourth-order valence-corrected chi connectivity index (χ4v) is 6.39. The maximum absolute atomic E-state index is 12.6. The minimum atomic E-state index is -3.46. The number of amides is 1. The van der Waals surface area contributed by atoms with Crippen LogP contribution in [0.3, 0.4) is 0 Å². The van der Waals surface area contributed by atoms with E-state index >= 15 is 0 Å². The second-order valence-corrected chi connectivity index (χ2v) is 10.4. The van der Waals surface area contributed by atoms with E-state index in [9.17, 15) is 13.2 Å². The number of piperidine rings is 1. The molecule has 0 bridgehead atoms. The molecule has 3 heterocycles. The van der Waals surface area contributed by atoms with E-state index < -0.39 is 10.0 Å². The first-order valence-electron chi connectivity index (χ1n) is 8.59. The Bertz CT molecular complexity index is 693. The molecule has 0 saturated carbocycles. The maximum atomic E-state index is 12.6. The number of ether oxygens (including phenoxy) is 1. The Morgan fingerprint density at radius 2 is 2.08 bits per heavy atom. The molecule has 1 N–H and O–H groups in total. The van der Waals surface area contributed by atoms with E-state index in [4.69, 9.17) is 16.3 Å². The van der Waals surface area contributed by atoms with Gasteiger partial charge in [-0.2, -0.15) is 4.31 Å². The summed E-state index contributed by atoms with van der Waals surface area (Å²) in [6.07, 6.45) is 4.06. The van der Waals surface area contributed by atoms with Crippen molar-refractivity contribution in [1.82, 2.24) is 9.62 Å². The van der Waals surface area contributed by atoms with E-state index in [0.29, 0.717) is 43.2 Å². The summed E-state index contributed by atoms with van der Waals surface area (Å²) in [6.45, 7) is 2.25. The van der Waals surface area contributed by atoms with Crippen LogP contribution in [0.15, 0.2) is 16.3 Å². The Kier molecular flexibility index (Phi) is 6.38. The molecule has 2 aliphatic heterocycles. The molecule has 2 fully saturated rings. The van der Waals surface area contributed by atoms with Gasteiger partial charge in [0.15, 0.2) is 0 Å². The molecule has 140 valence electrons. The zero-order chi connectivity index (χ0) is 17.9. The lowest BCUT2D eigenvalue weighted by Gasteiger charge is -2.30. The lowest BCUT2D eigenvalue weighted by atomic mass is 9.94. The van der Waals surface area contributed by atoms with Gasteiger partial charge < -0.3 is 10.1 Å². The van der Waals surface area contributed by atoms with Gasteiger partial charge in [-0.3, -0.25) is 4.79 Å². The molecule has 1 atom stereocenters. The highest BCUT2D eigenvalue weighted by atomic mass is 35.5. The van der Waals surface area contributed by atoms with Gasteiger partial charge in [-0.15, -0.1) is 11.3 Å². The fourth-order valence-electron chi connectivity index (χ4n) is 3.28. The Labute approximate surface area is 157 Å². The van der Waals surface area contributed by atoms with Crippen molar-refractivity contribution in [3.8, 4) is 0 Å². The molecule has 9 heteroatoms. The van der Waals surface area contributed by atoms with Gasteiger partial charge in [0.2, 0.25) is 5.91 Å². The van der Waals surface area contributed by atoms with Crippen molar-refractivity contribution in [2.45, 2.75) is 42.4 Å². The average molecular weight is 407 g/mol. The summed E-state index contributed by atoms with van der Waals surface area (Å²) in [5.74, 6) is 0.254. The van der Waals surface area contributed by atoms with Gasteiger partial charge in [-0.05, 0) is 43.7 Å². The summed E-state index contributed by atoms with van der Waals surface area (Å²) in [4.78, 5) is 12.1. The lowest BCUT2D eigenvalue weighted by Crippen LogP contribution is -2.40. The number of sulfonamides is 1. The third-order valence-electron chi connectivity index (χ3n) is 4.74. The monoisotopic (exact) mass is 406 g/mol. The molecule has 2 aliphatic rings. The molecule has 3 rings (SSSR count). The Morgan fingerprint density at radius 3 is 2.68 bits per heavy atom. The van der Waals surface area contributed by atoms with Gasteiger partial charge in [0.1, 0.15) is 4.21 Å². The van der Waals surface area contributed by atoms with Crippen LogP contribution in [0.25, 0.3) is 0 Å². The predicted octanol–water partition coefficient (Wildman–Crippen LogP) is 2.49. The van der Waals surface area contributed by atoms with E-state index in [0.717, 1.165) is 30.8 Å². The van der Waals surface area contributed by atoms with Crippen molar-refractivity contribution in [3.63, 3.8) is 0 Å². The molecule has 1 amide bonds. The first kappa shape index (κ1) is 19.1. The molecular weight excluding hydrogens is 384 g/mol. The van der Waals surface area contributed by atoms with Gasteiger partial charge in [0.25, 0.3) is 10.0 Å². The van der Waals surface area contributed by atoms with Crippen LogP contribution < -0.4 is 5.32 Å². The van der Waals surface area contributed by atoms with E-state index in [1.165, 1.54) is 4.31 Å². The van der Waals surface area contributed by atoms with Gasteiger partial charge >= 0.3 is 0 Å². The highest BCUT2D eigenvalue weighted by Gasteiger charge is 2.31. The van der Waals surface area contributed by atoms with Crippen LogP contribution in [0, 0.1) is 5.92 Å². The normalized spacial score (nSPS) is 23.0. The number of hydrogen-bond acceptors (Lipinski definition) is 5. The van der Waals surface area contributed by atoms with Crippen LogP contribution in [0.4, 0.5) is 0 Å². The number of nitrogens with one attached hydrogen (secondary N) is 1. The summed E-state index contributed by atoms with van der Waals surface area (Å²) in [6, 6.07) is 3.15. The largest absolute Gasteiger partial charge is 0.376 e. The molecule has 0 aliphatic carbocycles. The molecule has 1 aromatic rings. The Hall–Kier alpha value is -0.670. The summed E-state index contributed by atoms with van der Waals surface area (Å²) >= 11 is 6.92. The average Bonchev–Trinajstić information content (AvgIpc) is 3.25. The molecule has 0 radical (unpaired) electrons. The smallest absolute Gasteiger partial charge is 0.252 e. The Morgan fingerprint density at radius 1 is 1.32 bits per heavy atom. The topological polar surface area (TPSA) is 75.7 Å². The zero-order valence-electron chi connectivity index (χ0n) is 13.9. The van der Waals surface area contributed by atoms with Gasteiger partial charge in [0.05, 0.1) is 10.4 Å². The third kappa shape index (κ3) is 4.95. The van der Waals surface area contributed by atoms with E-state index in [1.807, 2.05) is 0 Å². The molecule has 2 saturated heterocycles. The van der Waals surface area contributed by atoms with Crippen molar-refractivity contribution in [2.75, 3.05) is 26.2 Å². The highest BCUT2D eigenvalue weighted by Crippen LogP contribution is 2.31. The summed E-state index contributed by atoms with van der Waals surface area (Å²) < 4.78 is 32.9.